The van der Waals surface area contributed by atoms with Gasteiger partial charge < -0.3 is 19.4 Å². The minimum atomic E-state index is -0.208. The van der Waals surface area contributed by atoms with Crippen LogP contribution in [0.1, 0.15) is 6.92 Å². The molecular formula is C19H28N4O3. The molecule has 142 valence electrons. The SMILES string of the molecule is CC(C(=O)N(C)c1ccccc1)N1CCN(C(=O)N2CCOCC2)CC1. The minimum absolute atomic E-state index is 0.0733. The molecule has 0 N–H and O–H groups in total. The van der Waals surface area contributed by atoms with Crippen molar-refractivity contribution >= 4 is 17.6 Å². The molecule has 26 heavy (non-hydrogen) atoms. The number of urea groups is 1. The Bertz CT molecular complexity index is 610. The maximum Gasteiger partial charge on any atom is 0.320 e. The Kier molecular flexibility index (Phi) is 6.11. The first-order valence-electron chi connectivity index (χ1n) is 9.26. The predicted molar refractivity (Wildman–Crippen MR) is 100 cm³/mol. The number of carbonyl (C=O) groups is 2. The fourth-order valence-corrected chi connectivity index (χ4v) is 3.47. The van der Waals surface area contributed by atoms with Gasteiger partial charge in [-0.3, -0.25) is 9.69 Å². The van der Waals surface area contributed by atoms with Gasteiger partial charge in [-0.2, -0.15) is 0 Å². The quantitative estimate of drug-likeness (QED) is 0.810. The zero-order valence-electron chi connectivity index (χ0n) is 15.6. The highest BCUT2D eigenvalue weighted by molar-refractivity contribution is 5.96. The standard InChI is InChI=1S/C19H28N4O3/c1-16(18(24)20(2)17-6-4-3-5-7-17)21-8-10-22(11-9-21)19(25)23-12-14-26-15-13-23/h3-7,16H,8-15H2,1-2H3. The zero-order chi connectivity index (χ0) is 18.5. The summed E-state index contributed by atoms with van der Waals surface area (Å²) in [6, 6.07) is 9.55. The second kappa shape index (κ2) is 8.51. The van der Waals surface area contributed by atoms with Gasteiger partial charge in [-0.25, -0.2) is 4.79 Å². The first-order valence-corrected chi connectivity index (χ1v) is 9.26. The van der Waals surface area contributed by atoms with Gasteiger partial charge in [0.05, 0.1) is 19.3 Å². The predicted octanol–water partition coefficient (Wildman–Crippen LogP) is 1.11. The molecule has 0 radical (unpaired) electrons. The van der Waals surface area contributed by atoms with E-state index < -0.39 is 0 Å². The lowest BCUT2D eigenvalue weighted by atomic mass is 10.2. The van der Waals surface area contributed by atoms with Crippen LogP contribution in [0.5, 0.6) is 0 Å². The van der Waals surface area contributed by atoms with Crippen molar-refractivity contribution in [2.75, 3.05) is 64.4 Å². The molecule has 2 heterocycles. The summed E-state index contributed by atoms with van der Waals surface area (Å²) in [4.78, 5) is 33.0. The second-order valence-electron chi connectivity index (χ2n) is 6.81. The first kappa shape index (κ1) is 18.7. The number of para-hydroxylation sites is 1. The van der Waals surface area contributed by atoms with Crippen LogP contribution in [0.3, 0.4) is 0 Å². The Morgan fingerprint density at radius 2 is 1.54 bits per heavy atom. The largest absolute Gasteiger partial charge is 0.378 e. The molecular weight excluding hydrogens is 332 g/mol. The molecule has 2 aliphatic heterocycles. The number of morpholine rings is 1. The van der Waals surface area contributed by atoms with Crippen LogP contribution in [0.25, 0.3) is 0 Å². The average molecular weight is 360 g/mol. The van der Waals surface area contributed by atoms with E-state index >= 15 is 0 Å². The van der Waals surface area contributed by atoms with E-state index in [1.165, 1.54) is 0 Å². The average Bonchev–Trinajstić information content (AvgIpc) is 2.73. The van der Waals surface area contributed by atoms with Crippen LogP contribution in [0.15, 0.2) is 30.3 Å². The Balaban J connectivity index is 1.52. The first-order chi connectivity index (χ1) is 12.6. The van der Waals surface area contributed by atoms with Crippen molar-refractivity contribution in [3.63, 3.8) is 0 Å². The maximum atomic E-state index is 12.8. The van der Waals surface area contributed by atoms with Crippen LogP contribution in [-0.2, 0) is 9.53 Å². The van der Waals surface area contributed by atoms with Gasteiger partial charge in [0, 0.05) is 52.0 Å². The molecule has 0 bridgehead atoms. The van der Waals surface area contributed by atoms with Gasteiger partial charge in [-0.15, -0.1) is 0 Å². The third-order valence-corrected chi connectivity index (χ3v) is 5.25. The van der Waals surface area contributed by atoms with Gasteiger partial charge in [-0.1, -0.05) is 18.2 Å². The van der Waals surface area contributed by atoms with Crippen molar-refractivity contribution in [3.05, 3.63) is 30.3 Å². The number of nitrogens with zero attached hydrogens (tertiary/aromatic N) is 4. The van der Waals surface area contributed by atoms with Crippen molar-refractivity contribution in [2.24, 2.45) is 0 Å². The van der Waals surface area contributed by atoms with Crippen molar-refractivity contribution in [1.29, 1.82) is 0 Å². The van der Waals surface area contributed by atoms with Crippen LogP contribution in [0, 0.1) is 0 Å². The number of carbonyl (C=O) groups excluding carboxylic acids is 2. The number of ether oxygens (including phenoxy) is 1. The van der Waals surface area contributed by atoms with Crippen molar-refractivity contribution in [2.45, 2.75) is 13.0 Å². The number of likely N-dealkylation sites (N-methyl/N-ethyl adjacent to an activating group) is 1. The highest BCUT2D eigenvalue weighted by Gasteiger charge is 2.31. The smallest absolute Gasteiger partial charge is 0.320 e. The number of hydrogen-bond donors (Lipinski definition) is 0. The third kappa shape index (κ3) is 4.16. The zero-order valence-corrected chi connectivity index (χ0v) is 15.6. The van der Waals surface area contributed by atoms with Crippen LogP contribution >= 0.6 is 0 Å². The van der Waals surface area contributed by atoms with Gasteiger partial charge in [0.25, 0.3) is 0 Å². The third-order valence-electron chi connectivity index (χ3n) is 5.25. The Morgan fingerprint density at radius 1 is 0.962 bits per heavy atom. The maximum absolute atomic E-state index is 12.8. The molecule has 3 rings (SSSR count). The highest BCUT2D eigenvalue weighted by Crippen LogP contribution is 2.16. The number of rotatable bonds is 3. The van der Waals surface area contributed by atoms with Gasteiger partial charge >= 0.3 is 6.03 Å². The number of anilines is 1. The van der Waals surface area contributed by atoms with E-state index in [0.717, 1.165) is 5.69 Å². The monoisotopic (exact) mass is 360 g/mol. The van der Waals surface area contributed by atoms with E-state index in [9.17, 15) is 9.59 Å². The number of hydrogen-bond acceptors (Lipinski definition) is 4. The summed E-state index contributed by atoms with van der Waals surface area (Å²) < 4.78 is 5.31. The van der Waals surface area contributed by atoms with Crippen LogP contribution < -0.4 is 4.90 Å². The Morgan fingerprint density at radius 3 is 2.15 bits per heavy atom. The molecule has 7 nitrogen and oxygen atoms in total. The molecule has 3 amide bonds. The summed E-state index contributed by atoms with van der Waals surface area (Å²) in [5.41, 5.74) is 0.894. The topological polar surface area (TPSA) is 56.3 Å². The molecule has 2 saturated heterocycles. The number of amides is 3. The lowest BCUT2D eigenvalue weighted by Gasteiger charge is -2.40. The van der Waals surface area contributed by atoms with Crippen molar-refractivity contribution in [3.8, 4) is 0 Å². The van der Waals surface area contributed by atoms with E-state index in [0.29, 0.717) is 52.5 Å². The van der Waals surface area contributed by atoms with Crippen LogP contribution in [0.2, 0.25) is 0 Å². The summed E-state index contributed by atoms with van der Waals surface area (Å²) in [5, 5.41) is 0. The van der Waals surface area contributed by atoms with Gasteiger partial charge in [0.2, 0.25) is 5.91 Å². The van der Waals surface area contributed by atoms with Gasteiger partial charge in [0.1, 0.15) is 0 Å². The summed E-state index contributed by atoms with van der Waals surface area (Å²) in [7, 11) is 1.81. The summed E-state index contributed by atoms with van der Waals surface area (Å²) in [6.07, 6.45) is 0. The highest BCUT2D eigenvalue weighted by atomic mass is 16.5. The van der Waals surface area contributed by atoms with Crippen LogP contribution in [0.4, 0.5) is 10.5 Å². The molecule has 2 aliphatic rings. The fourth-order valence-electron chi connectivity index (χ4n) is 3.47. The minimum Gasteiger partial charge on any atom is -0.378 e. The number of benzene rings is 1. The van der Waals surface area contributed by atoms with E-state index in [-0.39, 0.29) is 18.0 Å². The summed E-state index contributed by atoms with van der Waals surface area (Å²) >= 11 is 0. The number of piperazine rings is 1. The molecule has 1 unspecified atom stereocenters. The lowest BCUT2D eigenvalue weighted by molar-refractivity contribution is -0.123. The fraction of sp³-hybridized carbons (Fsp3) is 0.579. The van der Waals surface area contributed by atoms with Crippen molar-refractivity contribution in [1.82, 2.24) is 14.7 Å². The molecule has 0 aromatic heterocycles. The second-order valence-corrected chi connectivity index (χ2v) is 6.81. The van der Waals surface area contributed by atoms with E-state index in [1.807, 2.05) is 54.1 Å². The van der Waals surface area contributed by atoms with Crippen molar-refractivity contribution < 1.29 is 14.3 Å². The molecule has 1 aromatic carbocycles. The van der Waals surface area contributed by atoms with Gasteiger partial charge in [0.15, 0.2) is 0 Å². The van der Waals surface area contributed by atoms with E-state index in [4.69, 9.17) is 4.74 Å². The summed E-state index contributed by atoms with van der Waals surface area (Å²) in [6.45, 7) is 7.24. The Labute approximate surface area is 155 Å². The Hall–Kier alpha value is -2.12. The molecule has 7 heteroatoms. The molecule has 0 aliphatic carbocycles. The molecule has 1 aromatic rings. The molecule has 1 atom stereocenters. The lowest BCUT2D eigenvalue weighted by Crippen LogP contribution is -2.58. The van der Waals surface area contributed by atoms with E-state index in [1.54, 1.807) is 4.90 Å². The summed E-state index contributed by atoms with van der Waals surface area (Å²) in [5.74, 6) is 0.0733. The molecule has 0 saturated carbocycles. The van der Waals surface area contributed by atoms with Crippen LogP contribution in [-0.4, -0.2) is 92.2 Å². The normalized spacial score (nSPS) is 19.9. The van der Waals surface area contributed by atoms with E-state index in [2.05, 4.69) is 4.90 Å². The molecule has 0 spiro atoms. The molecule has 2 fully saturated rings. The van der Waals surface area contributed by atoms with Gasteiger partial charge in [-0.05, 0) is 19.1 Å².